The lowest BCUT2D eigenvalue weighted by Crippen LogP contribution is -2.41. The van der Waals surface area contributed by atoms with Crippen LogP contribution in [0.3, 0.4) is 0 Å². The number of hydrogen-bond acceptors (Lipinski definition) is 5. The molecule has 34 heavy (non-hydrogen) atoms. The highest BCUT2D eigenvalue weighted by atomic mass is 16.5. The molecule has 7 nitrogen and oxygen atoms in total. The number of benzene rings is 2. The summed E-state index contributed by atoms with van der Waals surface area (Å²) >= 11 is 0. The second kappa shape index (κ2) is 10.8. The van der Waals surface area contributed by atoms with Crippen molar-refractivity contribution in [1.82, 2.24) is 10.3 Å². The number of nitrogens with one attached hydrogen (secondary N) is 2. The van der Waals surface area contributed by atoms with Crippen LogP contribution < -0.4 is 20.1 Å². The van der Waals surface area contributed by atoms with Crippen LogP contribution in [-0.4, -0.2) is 29.9 Å². The van der Waals surface area contributed by atoms with Crippen LogP contribution in [0.25, 0.3) is 0 Å². The Kier molecular flexibility index (Phi) is 7.89. The smallest absolute Gasteiger partial charge is 0.251 e. The molecular formula is C27H31N3O4. The van der Waals surface area contributed by atoms with Crippen LogP contribution in [0.4, 0.5) is 5.69 Å². The molecule has 0 saturated heterocycles. The minimum Gasteiger partial charge on any atom is -0.493 e. The number of anilines is 1. The molecule has 3 rings (SSSR count). The predicted molar refractivity (Wildman–Crippen MR) is 132 cm³/mol. The standard InChI is InChI=1S/C27H31N3O4/c1-18(29-26(32)20-6-8-21(9-7-20)27(2,3)4)25(31)30-22-10-11-23(33-5)24(16-22)34-17-19-12-14-28-15-13-19/h6-16,18H,17H2,1-5H3,(H,29,32)(H,30,31). The molecule has 7 heteroatoms. The first-order chi connectivity index (χ1) is 16.2. The van der Waals surface area contributed by atoms with E-state index in [0.717, 1.165) is 11.1 Å². The Bertz CT molecular complexity index is 1120. The van der Waals surface area contributed by atoms with Crippen LogP contribution in [0.2, 0.25) is 0 Å². The van der Waals surface area contributed by atoms with E-state index in [2.05, 4.69) is 36.4 Å². The Balaban J connectivity index is 1.62. The summed E-state index contributed by atoms with van der Waals surface area (Å²) in [4.78, 5) is 29.3. The monoisotopic (exact) mass is 461 g/mol. The Morgan fingerprint density at radius 3 is 2.26 bits per heavy atom. The average Bonchev–Trinajstić information content (AvgIpc) is 2.83. The molecular weight excluding hydrogens is 430 g/mol. The molecule has 0 aliphatic heterocycles. The van der Waals surface area contributed by atoms with Crippen molar-refractivity contribution in [2.45, 2.75) is 45.8 Å². The number of hydrogen-bond donors (Lipinski definition) is 2. The van der Waals surface area contributed by atoms with Crippen molar-refractivity contribution in [1.29, 1.82) is 0 Å². The summed E-state index contributed by atoms with van der Waals surface area (Å²) in [7, 11) is 1.55. The van der Waals surface area contributed by atoms with Gasteiger partial charge in [-0.1, -0.05) is 32.9 Å². The van der Waals surface area contributed by atoms with Crippen molar-refractivity contribution < 1.29 is 19.1 Å². The van der Waals surface area contributed by atoms with Crippen LogP contribution in [0.5, 0.6) is 11.5 Å². The molecule has 178 valence electrons. The highest BCUT2D eigenvalue weighted by Gasteiger charge is 2.19. The van der Waals surface area contributed by atoms with Crippen molar-refractivity contribution in [2.24, 2.45) is 0 Å². The number of nitrogens with zero attached hydrogens (tertiary/aromatic N) is 1. The fourth-order valence-corrected chi connectivity index (χ4v) is 3.22. The molecule has 0 radical (unpaired) electrons. The third-order valence-corrected chi connectivity index (χ3v) is 5.33. The van der Waals surface area contributed by atoms with E-state index in [1.54, 1.807) is 56.8 Å². The van der Waals surface area contributed by atoms with Gasteiger partial charge >= 0.3 is 0 Å². The molecule has 2 aromatic carbocycles. The Morgan fingerprint density at radius 1 is 0.971 bits per heavy atom. The van der Waals surface area contributed by atoms with E-state index >= 15 is 0 Å². The number of ether oxygens (including phenoxy) is 2. The maximum Gasteiger partial charge on any atom is 0.251 e. The van der Waals surface area contributed by atoms with Crippen molar-refractivity contribution in [3.05, 3.63) is 83.7 Å². The van der Waals surface area contributed by atoms with Crippen LogP contribution >= 0.6 is 0 Å². The topological polar surface area (TPSA) is 89.6 Å². The summed E-state index contributed by atoms with van der Waals surface area (Å²) in [6.07, 6.45) is 3.39. The van der Waals surface area contributed by atoms with E-state index in [4.69, 9.17) is 9.47 Å². The van der Waals surface area contributed by atoms with Crippen LogP contribution in [0.15, 0.2) is 67.0 Å². The van der Waals surface area contributed by atoms with E-state index in [1.165, 1.54) is 0 Å². The van der Waals surface area contributed by atoms with Gasteiger partial charge in [-0.05, 0) is 59.9 Å². The average molecular weight is 462 g/mol. The minimum absolute atomic E-state index is 0.00141. The molecule has 2 amide bonds. The third kappa shape index (κ3) is 6.57. The van der Waals surface area contributed by atoms with Crippen LogP contribution in [0.1, 0.15) is 49.2 Å². The molecule has 3 aromatic rings. The van der Waals surface area contributed by atoms with Crippen molar-refractivity contribution in [3.63, 3.8) is 0 Å². The molecule has 0 aliphatic carbocycles. The van der Waals surface area contributed by atoms with E-state index in [-0.39, 0.29) is 17.2 Å². The summed E-state index contributed by atoms with van der Waals surface area (Å²) in [5.41, 5.74) is 3.13. The van der Waals surface area contributed by atoms with E-state index in [0.29, 0.717) is 29.4 Å². The summed E-state index contributed by atoms with van der Waals surface area (Å²) < 4.78 is 11.2. The zero-order valence-electron chi connectivity index (χ0n) is 20.2. The maximum atomic E-state index is 12.7. The molecule has 0 fully saturated rings. The molecule has 0 aliphatic rings. The summed E-state index contributed by atoms with van der Waals surface area (Å²) in [6.45, 7) is 8.31. The number of amides is 2. The number of carbonyl (C=O) groups is 2. The molecule has 1 unspecified atom stereocenters. The highest BCUT2D eigenvalue weighted by molar-refractivity contribution is 6.01. The van der Waals surface area contributed by atoms with Gasteiger partial charge in [0.05, 0.1) is 7.11 Å². The third-order valence-electron chi connectivity index (χ3n) is 5.33. The van der Waals surface area contributed by atoms with Crippen molar-refractivity contribution in [3.8, 4) is 11.5 Å². The molecule has 2 N–H and O–H groups in total. The molecule has 0 bridgehead atoms. The van der Waals surface area contributed by atoms with Crippen LogP contribution in [-0.2, 0) is 16.8 Å². The van der Waals surface area contributed by atoms with Crippen molar-refractivity contribution >= 4 is 17.5 Å². The lowest BCUT2D eigenvalue weighted by molar-refractivity contribution is -0.117. The number of methoxy groups -OCH3 is 1. The lowest BCUT2D eigenvalue weighted by Gasteiger charge is -2.19. The fourth-order valence-electron chi connectivity index (χ4n) is 3.22. The molecule has 1 atom stereocenters. The number of aromatic nitrogens is 1. The normalized spacial score (nSPS) is 11.9. The lowest BCUT2D eigenvalue weighted by atomic mass is 9.86. The van der Waals surface area contributed by atoms with Gasteiger partial charge in [-0.25, -0.2) is 0 Å². The minimum atomic E-state index is -0.738. The molecule has 0 saturated carbocycles. The number of pyridine rings is 1. The summed E-state index contributed by atoms with van der Waals surface area (Å²) in [6, 6.07) is 15.5. The second-order valence-corrected chi connectivity index (χ2v) is 9.02. The number of carbonyl (C=O) groups excluding carboxylic acids is 2. The van der Waals surface area contributed by atoms with Crippen LogP contribution in [0, 0.1) is 0 Å². The quantitative estimate of drug-likeness (QED) is 0.507. The van der Waals surface area contributed by atoms with Gasteiger partial charge in [0, 0.05) is 29.7 Å². The van der Waals surface area contributed by atoms with Gasteiger partial charge in [-0.2, -0.15) is 0 Å². The SMILES string of the molecule is COc1ccc(NC(=O)C(C)NC(=O)c2ccc(C(C)(C)C)cc2)cc1OCc1ccncc1. The van der Waals surface area contributed by atoms with Crippen molar-refractivity contribution in [2.75, 3.05) is 12.4 Å². The fraction of sp³-hybridized carbons (Fsp3) is 0.296. The number of rotatable bonds is 8. The van der Waals surface area contributed by atoms with Gasteiger partial charge < -0.3 is 20.1 Å². The Labute approximate surface area is 200 Å². The predicted octanol–water partition coefficient (Wildman–Crippen LogP) is 4.72. The summed E-state index contributed by atoms with van der Waals surface area (Å²) in [5, 5.41) is 5.56. The molecule has 0 spiro atoms. The first-order valence-corrected chi connectivity index (χ1v) is 11.1. The van der Waals surface area contributed by atoms with Gasteiger partial charge in [0.1, 0.15) is 12.6 Å². The van der Waals surface area contributed by atoms with Gasteiger partial charge in [0.2, 0.25) is 5.91 Å². The maximum absolute atomic E-state index is 12.7. The molecule has 1 heterocycles. The van der Waals surface area contributed by atoms with Gasteiger partial charge in [-0.15, -0.1) is 0 Å². The summed E-state index contributed by atoms with van der Waals surface area (Å²) in [5.74, 6) is 0.393. The highest BCUT2D eigenvalue weighted by Crippen LogP contribution is 2.31. The Hall–Kier alpha value is -3.87. The van der Waals surface area contributed by atoms with Gasteiger partial charge in [-0.3, -0.25) is 14.6 Å². The molecule has 1 aromatic heterocycles. The van der Waals surface area contributed by atoms with E-state index < -0.39 is 6.04 Å². The zero-order valence-corrected chi connectivity index (χ0v) is 20.2. The van der Waals surface area contributed by atoms with E-state index in [9.17, 15) is 9.59 Å². The first kappa shape index (κ1) is 24.8. The van der Waals surface area contributed by atoms with Gasteiger partial charge in [0.15, 0.2) is 11.5 Å². The Morgan fingerprint density at radius 2 is 1.65 bits per heavy atom. The van der Waals surface area contributed by atoms with E-state index in [1.807, 2.05) is 24.3 Å². The largest absolute Gasteiger partial charge is 0.493 e. The second-order valence-electron chi connectivity index (χ2n) is 9.02. The zero-order chi connectivity index (χ0) is 24.7. The van der Waals surface area contributed by atoms with Gasteiger partial charge in [0.25, 0.3) is 5.91 Å². The first-order valence-electron chi connectivity index (χ1n) is 11.1.